The number of hydrogen-bond acceptors (Lipinski definition) is 3. The molecule has 0 aromatic carbocycles. The van der Waals surface area contributed by atoms with Crippen LogP contribution in [0.1, 0.15) is 42.0 Å². The Labute approximate surface area is 118 Å². The molecule has 2 aliphatic rings. The monoisotopic (exact) mass is 276 g/mol. The standard InChI is InChI=1S/C14H20N4O2/c1-10-15-9-11(16-10)12(19)18-8-4-6-14(18)5-3-7-17(2)13(14)20/h9H,3-8H2,1-2H3,(H,15,16). The van der Waals surface area contributed by atoms with Crippen molar-refractivity contribution < 1.29 is 9.59 Å². The highest BCUT2D eigenvalue weighted by atomic mass is 16.2. The minimum atomic E-state index is -0.622. The Bertz CT molecular complexity index is 553. The molecule has 2 aliphatic heterocycles. The van der Waals surface area contributed by atoms with Gasteiger partial charge in [-0.25, -0.2) is 4.98 Å². The summed E-state index contributed by atoms with van der Waals surface area (Å²) < 4.78 is 0. The molecule has 0 aliphatic carbocycles. The number of likely N-dealkylation sites (N-methyl/N-ethyl adjacent to an activating group) is 1. The zero-order chi connectivity index (χ0) is 14.3. The van der Waals surface area contributed by atoms with E-state index in [1.807, 2.05) is 14.0 Å². The first-order valence-electron chi connectivity index (χ1n) is 7.14. The highest BCUT2D eigenvalue weighted by molar-refractivity contribution is 5.98. The normalized spacial score (nSPS) is 26.6. The fourth-order valence-corrected chi connectivity index (χ4v) is 3.50. The Kier molecular flexibility index (Phi) is 3.03. The molecule has 20 heavy (non-hydrogen) atoms. The van der Waals surface area contributed by atoms with Gasteiger partial charge >= 0.3 is 0 Å². The van der Waals surface area contributed by atoms with E-state index in [9.17, 15) is 9.59 Å². The number of aryl methyl sites for hydroxylation is 1. The van der Waals surface area contributed by atoms with Crippen LogP contribution in [-0.2, 0) is 4.79 Å². The summed E-state index contributed by atoms with van der Waals surface area (Å²) >= 11 is 0. The zero-order valence-corrected chi connectivity index (χ0v) is 12.0. The lowest BCUT2D eigenvalue weighted by molar-refractivity contribution is -0.144. The van der Waals surface area contributed by atoms with Gasteiger partial charge in [-0.15, -0.1) is 0 Å². The number of piperidine rings is 1. The van der Waals surface area contributed by atoms with Crippen molar-refractivity contribution in [2.24, 2.45) is 0 Å². The maximum atomic E-state index is 12.7. The van der Waals surface area contributed by atoms with Gasteiger partial charge in [0.25, 0.3) is 5.91 Å². The number of nitrogens with zero attached hydrogens (tertiary/aromatic N) is 3. The maximum absolute atomic E-state index is 12.7. The Morgan fingerprint density at radius 2 is 2.05 bits per heavy atom. The number of aromatic nitrogens is 2. The SMILES string of the molecule is Cc1ncc(C(=O)N2CCCC23CCCN(C)C3=O)[nH]1. The van der Waals surface area contributed by atoms with Crippen LogP contribution in [0.15, 0.2) is 6.20 Å². The average molecular weight is 276 g/mol. The molecular weight excluding hydrogens is 256 g/mol. The third kappa shape index (κ3) is 1.82. The van der Waals surface area contributed by atoms with Crippen molar-refractivity contribution in [1.29, 1.82) is 0 Å². The number of rotatable bonds is 1. The second kappa shape index (κ2) is 4.61. The number of H-pyrrole nitrogens is 1. The summed E-state index contributed by atoms with van der Waals surface area (Å²) in [5.74, 6) is 0.700. The molecule has 2 saturated heterocycles. The van der Waals surface area contributed by atoms with Crippen LogP contribution in [0.3, 0.4) is 0 Å². The van der Waals surface area contributed by atoms with Crippen LogP contribution in [0.25, 0.3) is 0 Å². The maximum Gasteiger partial charge on any atom is 0.272 e. The number of amides is 2. The summed E-state index contributed by atoms with van der Waals surface area (Å²) in [5.41, 5.74) is -0.145. The number of hydrogen-bond donors (Lipinski definition) is 1. The second-order valence-corrected chi connectivity index (χ2v) is 5.80. The molecule has 6 heteroatoms. The van der Waals surface area contributed by atoms with E-state index in [1.54, 1.807) is 16.0 Å². The van der Waals surface area contributed by atoms with E-state index < -0.39 is 5.54 Å². The summed E-state index contributed by atoms with van der Waals surface area (Å²) in [5, 5.41) is 0. The van der Waals surface area contributed by atoms with Gasteiger partial charge < -0.3 is 14.8 Å². The predicted octanol–water partition coefficient (Wildman–Crippen LogP) is 0.945. The summed E-state index contributed by atoms with van der Waals surface area (Å²) in [6.45, 7) is 3.25. The topological polar surface area (TPSA) is 69.3 Å². The van der Waals surface area contributed by atoms with Crippen molar-refractivity contribution in [3.8, 4) is 0 Å². The van der Waals surface area contributed by atoms with Crippen LogP contribution < -0.4 is 0 Å². The molecule has 0 saturated carbocycles. The number of likely N-dealkylation sites (tertiary alicyclic amines) is 2. The molecule has 1 aromatic rings. The third-order valence-electron chi connectivity index (χ3n) is 4.50. The largest absolute Gasteiger partial charge is 0.344 e. The lowest BCUT2D eigenvalue weighted by atomic mass is 9.85. The van der Waals surface area contributed by atoms with Crippen molar-refractivity contribution in [3.63, 3.8) is 0 Å². The summed E-state index contributed by atoms with van der Waals surface area (Å²) in [6, 6.07) is 0. The number of carbonyl (C=O) groups is 2. The van der Waals surface area contributed by atoms with Crippen LogP contribution >= 0.6 is 0 Å². The van der Waals surface area contributed by atoms with Gasteiger partial charge in [0.1, 0.15) is 17.1 Å². The molecule has 3 heterocycles. The molecule has 2 amide bonds. The number of carbonyl (C=O) groups excluding carboxylic acids is 2. The van der Waals surface area contributed by atoms with E-state index in [2.05, 4.69) is 9.97 Å². The van der Waals surface area contributed by atoms with Gasteiger partial charge in [0, 0.05) is 20.1 Å². The lowest BCUT2D eigenvalue weighted by Crippen LogP contribution is -2.60. The second-order valence-electron chi connectivity index (χ2n) is 5.80. The van der Waals surface area contributed by atoms with Gasteiger partial charge in [0.05, 0.1) is 6.20 Å². The molecule has 3 rings (SSSR count). The minimum Gasteiger partial charge on any atom is -0.344 e. The smallest absolute Gasteiger partial charge is 0.272 e. The molecule has 0 bridgehead atoms. The molecule has 1 spiro atoms. The molecule has 108 valence electrons. The number of imidazole rings is 1. The summed E-state index contributed by atoms with van der Waals surface area (Å²) in [6.07, 6.45) is 4.94. The molecule has 1 unspecified atom stereocenters. The van der Waals surface area contributed by atoms with Crippen molar-refractivity contribution >= 4 is 11.8 Å². The van der Waals surface area contributed by atoms with Gasteiger partial charge in [-0.05, 0) is 32.6 Å². The van der Waals surface area contributed by atoms with E-state index in [4.69, 9.17) is 0 Å². The first kappa shape index (κ1) is 13.1. The van der Waals surface area contributed by atoms with E-state index >= 15 is 0 Å². The third-order valence-corrected chi connectivity index (χ3v) is 4.50. The van der Waals surface area contributed by atoms with Crippen molar-refractivity contribution in [3.05, 3.63) is 17.7 Å². The number of nitrogens with one attached hydrogen (secondary N) is 1. The Morgan fingerprint density at radius 1 is 1.35 bits per heavy atom. The van der Waals surface area contributed by atoms with Crippen molar-refractivity contribution in [1.82, 2.24) is 19.8 Å². The fourth-order valence-electron chi connectivity index (χ4n) is 3.50. The van der Waals surface area contributed by atoms with Gasteiger partial charge in [-0.3, -0.25) is 9.59 Å². The minimum absolute atomic E-state index is 0.0887. The van der Waals surface area contributed by atoms with E-state index in [0.717, 1.165) is 32.2 Å². The van der Waals surface area contributed by atoms with Crippen LogP contribution in [0.2, 0.25) is 0 Å². The van der Waals surface area contributed by atoms with Crippen molar-refractivity contribution in [2.45, 2.75) is 38.1 Å². The molecule has 1 N–H and O–H groups in total. The molecule has 1 atom stereocenters. The van der Waals surface area contributed by atoms with E-state index in [1.165, 1.54) is 0 Å². The zero-order valence-electron chi connectivity index (χ0n) is 12.0. The predicted molar refractivity (Wildman–Crippen MR) is 73.2 cm³/mol. The molecule has 2 fully saturated rings. The lowest BCUT2D eigenvalue weighted by Gasteiger charge is -2.43. The van der Waals surface area contributed by atoms with Gasteiger partial charge in [0.15, 0.2) is 0 Å². The Morgan fingerprint density at radius 3 is 2.70 bits per heavy atom. The van der Waals surface area contributed by atoms with Gasteiger partial charge in [-0.1, -0.05) is 0 Å². The quantitative estimate of drug-likeness (QED) is 0.830. The fraction of sp³-hybridized carbons (Fsp3) is 0.643. The average Bonchev–Trinajstić information content (AvgIpc) is 3.03. The van der Waals surface area contributed by atoms with E-state index in [0.29, 0.717) is 18.1 Å². The van der Waals surface area contributed by atoms with Gasteiger partial charge in [-0.2, -0.15) is 0 Å². The highest BCUT2D eigenvalue weighted by Gasteiger charge is 2.52. The Hall–Kier alpha value is -1.85. The summed E-state index contributed by atoms with van der Waals surface area (Å²) in [4.78, 5) is 35.8. The first-order valence-corrected chi connectivity index (χ1v) is 7.14. The number of aromatic amines is 1. The summed E-state index contributed by atoms with van der Waals surface area (Å²) in [7, 11) is 1.82. The van der Waals surface area contributed by atoms with E-state index in [-0.39, 0.29) is 11.8 Å². The van der Waals surface area contributed by atoms with Crippen LogP contribution in [-0.4, -0.2) is 57.3 Å². The van der Waals surface area contributed by atoms with Crippen LogP contribution in [0, 0.1) is 6.92 Å². The molecule has 0 radical (unpaired) electrons. The molecule has 6 nitrogen and oxygen atoms in total. The van der Waals surface area contributed by atoms with Gasteiger partial charge in [0.2, 0.25) is 5.91 Å². The van der Waals surface area contributed by atoms with Crippen molar-refractivity contribution in [2.75, 3.05) is 20.1 Å². The first-order chi connectivity index (χ1) is 9.54. The molecular formula is C14H20N4O2. The van der Waals surface area contributed by atoms with Crippen LogP contribution in [0.4, 0.5) is 0 Å². The highest BCUT2D eigenvalue weighted by Crippen LogP contribution is 2.38. The molecule has 1 aromatic heterocycles. The van der Waals surface area contributed by atoms with Crippen LogP contribution in [0.5, 0.6) is 0 Å². The Balaban J connectivity index is 1.92.